The smallest absolute Gasteiger partial charge is 0.387 e. The summed E-state index contributed by atoms with van der Waals surface area (Å²) in [5.74, 6) is 0.442. The lowest BCUT2D eigenvalue weighted by Crippen LogP contribution is -2.16. The zero-order valence-electron chi connectivity index (χ0n) is 10.0. The number of rotatable bonds is 3. The summed E-state index contributed by atoms with van der Waals surface area (Å²) in [5.41, 5.74) is 2.14. The molecule has 0 bridgehead atoms. The third-order valence-corrected chi connectivity index (χ3v) is 3.55. The fraction of sp³-hybridized carbons (Fsp3) is 0.538. The quantitative estimate of drug-likeness (QED) is 0.440. The van der Waals surface area contributed by atoms with E-state index in [4.69, 9.17) is 5.39 Å². The molecule has 1 saturated carbocycles. The van der Waals surface area contributed by atoms with Crippen LogP contribution in [0.5, 0.6) is 0 Å². The molecule has 0 spiro atoms. The monoisotopic (exact) mass is 219 g/mol. The molecule has 0 aromatic heterocycles. The van der Waals surface area contributed by atoms with Crippen LogP contribution in [0.15, 0.2) is 36.3 Å². The molecule has 1 N–H and O–H groups in total. The van der Waals surface area contributed by atoms with Crippen molar-refractivity contribution in [2.75, 3.05) is 0 Å². The van der Waals surface area contributed by atoms with E-state index in [1.54, 1.807) is 0 Å². The number of aliphatic hydroxyl groups excluding tert-OH is 1. The molecule has 0 aliphatic heterocycles. The highest BCUT2D eigenvalue weighted by Gasteiger charge is 2.40. The van der Waals surface area contributed by atoms with Crippen LogP contribution in [0.2, 0.25) is 0 Å². The number of hydrogen-bond acceptors (Lipinski definition) is 2. The van der Waals surface area contributed by atoms with Gasteiger partial charge in [0.15, 0.2) is 10.7 Å². The topological polar surface area (TPSA) is 48.4 Å². The lowest BCUT2D eigenvalue weighted by molar-refractivity contribution is 0.305. The Balaban J connectivity index is 2.82. The summed E-state index contributed by atoms with van der Waals surface area (Å²) in [4.78, 5) is 2.83. The van der Waals surface area contributed by atoms with Crippen molar-refractivity contribution in [1.29, 1.82) is 5.39 Å². The molecule has 2 atom stereocenters. The van der Waals surface area contributed by atoms with Gasteiger partial charge in [0.1, 0.15) is 0 Å². The first kappa shape index (κ1) is 12.5. The normalized spacial score (nSPS) is 30.2. The van der Waals surface area contributed by atoms with Crippen LogP contribution in [-0.4, -0.2) is 5.11 Å². The van der Waals surface area contributed by atoms with Crippen LogP contribution in [0.3, 0.4) is 0 Å². The van der Waals surface area contributed by atoms with Crippen LogP contribution in [0, 0.1) is 16.7 Å². The van der Waals surface area contributed by atoms with E-state index in [0.717, 1.165) is 30.2 Å². The third kappa shape index (κ3) is 2.33. The minimum absolute atomic E-state index is 0.0912. The van der Waals surface area contributed by atoms with Crippen LogP contribution in [0.1, 0.15) is 33.1 Å². The van der Waals surface area contributed by atoms with E-state index in [9.17, 15) is 5.11 Å². The zero-order chi connectivity index (χ0) is 12.3. The SMILES string of the molecule is C=C(C)[C@@H]1CC[C@@](C)(C/C(O)=C/[N+]#N)C1=C. The summed E-state index contributed by atoms with van der Waals surface area (Å²) in [6, 6.07) is 0. The second kappa shape index (κ2) is 4.52. The van der Waals surface area contributed by atoms with E-state index < -0.39 is 0 Å². The van der Waals surface area contributed by atoms with Gasteiger partial charge in [0.25, 0.3) is 0 Å². The number of hydrogen-bond donors (Lipinski definition) is 1. The lowest BCUT2D eigenvalue weighted by atomic mass is 9.79. The Morgan fingerprint density at radius 2 is 2.38 bits per heavy atom. The van der Waals surface area contributed by atoms with Gasteiger partial charge in [-0.25, -0.2) is 0 Å². The van der Waals surface area contributed by atoms with Crippen molar-refractivity contribution < 1.29 is 5.11 Å². The van der Waals surface area contributed by atoms with Gasteiger partial charge in [0, 0.05) is 12.3 Å². The van der Waals surface area contributed by atoms with Crippen LogP contribution in [0.4, 0.5) is 0 Å². The molecule has 0 unspecified atom stereocenters. The van der Waals surface area contributed by atoms with Crippen molar-refractivity contribution in [2.24, 2.45) is 11.3 Å². The van der Waals surface area contributed by atoms with Gasteiger partial charge in [-0.05, 0) is 25.2 Å². The van der Waals surface area contributed by atoms with Gasteiger partial charge in [-0.3, -0.25) is 0 Å². The Kier molecular flexibility index (Phi) is 3.54. The van der Waals surface area contributed by atoms with Crippen molar-refractivity contribution >= 4 is 0 Å². The number of nitrogens with zero attached hydrogens (tertiary/aromatic N) is 2. The van der Waals surface area contributed by atoms with Crippen LogP contribution in [0.25, 0.3) is 4.98 Å². The Hall–Kier alpha value is -1.56. The molecule has 0 saturated heterocycles. The Morgan fingerprint density at radius 1 is 1.75 bits per heavy atom. The van der Waals surface area contributed by atoms with E-state index in [2.05, 4.69) is 25.1 Å². The molecule has 16 heavy (non-hydrogen) atoms. The zero-order valence-corrected chi connectivity index (χ0v) is 10.0. The molecule has 0 radical (unpaired) electrons. The molecule has 1 aliphatic rings. The average molecular weight is 219 g/mol. The fourth-order valence-electron chi connectivity index (χ4n) is 2.48. The largest absolute Gasteiger partial charge is 0.505 e. The highest BCUT2D eigenvalue weighted by molar-refractivity contribution is 5.27. The number of diazo groups is 1. The lowest BCUT2D eigenvalue weighted by Gasteiger charge is -2.26. The molecule has 1 fully saturated rings. The van der Waals surface area contributed by atoms with E-state index in [0.29, 0.717) is 12.3 Å². The molecule has 3 heteroatoms. The van der Waals surface area contributed by atoms with Crippen molar-refractivity contribution in [3.05, 3.63) is 41.2 Å². The Morgan fingerprint density at radius 3 is 2.81 bits per heavy atom. The molecule has 0 aromatic carbocycles. The van der Waals surface area contributed by atoms with Gasteiger partial charge >= 0.3 is 6.20 Å². The average Bonchev–Trinajstić information content (AvgIpc) is 2.43. The first-order chi connectivity index (χ1) is 7.40. The van der Waals surface area contributed by atoms with E-state index in [-0.39, 0.29) is 11.2 Å². The molecule has 1 rings (SSSR count). The van der Waals surface area contributed by atoms with Gasteiger partial charge in [0.2, 0.25) is 5.39 Å². The second-order valence-corrected chi connectivity index (χ2v) is 4.94. The highest BCUT2D eigenvalue weighted by atomic mass is 16.3. The van der Waals surface area contributed by atoms with Gasteiger partial charge < -0.3 is 5.11 Å². The molecule has 86 valence electrons. The molecule has 0 heterocycles. The second-order valence-electron chi connectivity index (χ2n) is 4.94. The molecule has 0 aromatic rings. The molecule has 3 nitrogen and oxygen atoms in total. The predicted octanol–water partition coefficient (Wildman–Crippen LogP) is 4.18. The number of allylic oxidation sites excluding steroid dienone is 3. The van der Waals surface area contributed by atoms with Crippen LogP contribution < -0.4 is 0 Å². The van der Waals surface area contributed by atoms with Gasteiger partial charge in [-0.2, -0.15) is 0 Å². The Bertz CT molecular complexity index is 389. The fourth-order valence-corrected chi connectivity index (χ4v) is 2.48. The van der Waals surface area contributed by atoms with Crippen LogP contribution in [-0.2, 0) is 0 Å². The van der Waals surface area contributed by atoms with Crippen molar-refractivity contribution in [2.45, 2.75) is 33.1 Å². The van der Waals surface area contributed by atoms with Crippen molar-refractivity contribution in [1.82, 2.24) is 0 Å². The maximum atomic E-state index is 9.56. The summed E-state index contributed by atoms with van der Waals surface area (Å²) < 4.78 is 0. The van der Waals surface area contributed by atoms with E-state index in [1.165, 1.54) is 0 Å². The minimum atomic E-state index is -0.116. The minimum Gasteiger partial charge on any atom is -0.505 e. The summed E-state index contributed by atoms with van der Waals surface area (Å²) in [6.45, 7) is 12.2. The maximum absolute atomic E-state index is 9.56. The number of aliphatic hydroxyl groups is 1. The van der Waals surface area contributed by atoms with Gasteiger partial charge in [-0.15, -0.1) is 0 Å². The van der Waals surface area contributed by atoms with Crippen LogP contribution >= 0.6 is 0 Å². The molecule has 0 amide bonds. The summed E-state index contributed by atoms with van der Waals surface area (Å²) in [6.07, 6.45) is 3.56. The first-order valence-electron chi connectivity index (χ1n) is 5.47. The predicted molar refractivity (Wildman–Crippen MR) is 65.2 cm³/mol. The summed E-state index contributed by atoms with van der Waals surface area (Å²) >= 11 is 0. The molecular formula is C13H19N2O+. The molecular weight excluding hydrogens is 200 g/mol. The summed E-state index contributed by atoms with van der Waals surface area (Å²) in [7, 11) is 0. The standard InChI is InChI=1S/C13H18N2O/c1-9(2)12-5-6-13(4,10(12)3)7-11(16)8-15-14/h8,12H,1,3,5-7H2,2,4H3/p+1/b11-8-/t12-,13-/m0/s1. The molecule has 1 aliphatic carbocycles. The first-order valence-corrected chi connectivity index (χ1v) is 5.47. The van der Waals surface area contributed by atoms with E-state index in [1.807, 2.05) is 6.92 Å². The third-order valence-electron chi connectivity index (χ3n) is 3.55. The summed E-state index contributed by atoms with van der Waals surface area (Å²) in [5, 5.41) is 17.9. The van der Waals surface area contributed by atoms with Gasteiger partial charge in [-0.1, -0.05) is 31.2 Å². The highest BCUT2D eigenvalue weighted by Crippen LogP contribution is 2.50. The van der Waals surface area contributed by atoms with Crippen molar-refractivity contribution in [3.8, 4) is 0 Å². The van der Waals surface area contributed by atoms with Crippen molar-refractivity contribution in [3.63, 3.8) is 0 Å². The van der Waals surface area contributed by atoms with Gasteiger partial charge in [0.05, 0.1) is 0 Å². The maximum Gasteiger partial charge on any atom is 0.387 e. The van der Waals surface area contributed by atoms with E-state index >= 15 is 0 Å². The Labute approximate surface area is 96.8 Å².